The molecule has 9 heteroatoms. The minimum Gasteiger partial charge on any atom is -0.452 e. The molecule has 0 aromatic heterocycles. The molecule has 2 heterocycles. The van der Waals surface area contributed by atoms with E-state index >= 15 is 0 Å². The lowest BCUT2D eigenvalue weighted by molar-refractivity contribution is -0.207. The molecule has 2 saturated heterocycles. The normalized spacial score (nSPS) is 24.6. The molecule has 5 unspecified atom stereocenters. The molecule has 4 rings (SSSR count). The molecule has 2 aromatic carbocycles. The van der Waals surface area contributed by atoms with Crippen molar-refractivity contribution in [3.05, 3.63) is 71.8 Å². The summed E-state index contributed by atoms with van der Waals surface area (Å²) in [4.78, 5) is 39.1. The topological polar surface area (TPSA) is 107 Å². The first-order valence-corrected chi connectivity index (χ1v) is 14.0. The molecular formula is C31H38O9. The molecule has 9 nitrogen and oxygen atoms in total. The van der Waals surface area contributed by atoms with Gasteiger partial charge >= 0.3 is 11.9 Å². The van der Waals surface area contributed by atoms with E-state index in [1.54, 1.807) is 60.7 Å². The third-order valence-electron chi connectivity index (χ3n) is 7.71. The molecule has 0 bridgehead atoms. The molecule has 2 aromatic rings. The van der Waals surface area contributed by atoms with Gasteiger partial charge in [-0.05, 0) is 49.9 Å². The van der Waals surface area contributed by atoms with E-state index < -0.39 is 54.0 Å². The van der Waals surface area contributed by atoms with Crippen molar-refractivity contribution in [1.82, 2.24) is 0 Å². The summed E-state index contributed by atoms with van der Waals surface area (Å²) in [5.41, 5.74) is 0.600. The van der Waals surface area contributed by atoms with Crippen molar-refractivity contribution in [3.8, 4) is 0 Å². The number of aldehydes is 1. The van der Waals surface area contributed by atoms with Gasteiger partial charge in [0.2, 0.25) is 0 Å². The summed E-state index contributed by atoms with van der Waals surface area (Å²) in [5, 5.41) is 0. The average Bonchev–Trinajstić information content (AvgIpc) is 3.62. The monoisotopic (exact) mass is 554 g/mol. The van der Waals surface area contributed by atoms with E-state index in [9.17, 15) is 14.4 Å². The fourth-order valence-electron chi connectivity index (χ4n) is 5.17. The lowest BCUT2D eigenvalue weighted by Crippen LogP contribution is -2.54. The smallest absolute Gasteiger partial charge is 0.338 e. The SMILES string of the molecule is CCC1(CC)OCC(C(OC(=O)c2ccccc2)C(OC(=O)c2ccccc2)C2OC(CC)(CC)OC2C=O)O1. The van der Waals surface area contributed by atoms with Crippen LogP contribution in [-0.2, 0) is 33.2 Å². The summed E-state index contributed by atoms with van der Waals surface area (Å²) in [6.07, 6.45) is -2.73. The molecule has 0 saturated carbocycles. The van der Waals surface area contributed by atoms with Crippen molar-refractivity contribution in [2.75, 3.05) is 6.61 Å². The molecule has 0 amide bonds. The number of rotatable bonds is 12. The molecule has 0 aliphatic carbocycles. The zero-order valence-electron chi connectivity index (χ0n) is 23.4. The van der Waals surface area contributed by atoms with Crippen LogP contribution in [0.3, 0.4) is 0 Å². The zero-order chi connectivity index (χ0) is 28.8. The number of hydrogen-bond donors (Lipinski definition) is 0. The van der Waals surface area contributed by atoms with Crippen molar-refractivity contribution in [1.29, 1.82) is 0 Å². The largest absolute Gasteiger partial charge is 0.452 e. The van der Waals surface area contributed by atoms with Crippen molar-refractivity contribution in [2.45, 2.75) is 95.5 Å². The number of esters is 2. The molecule has 2 aliphatic heterocycles. The molecule has 0 radical (unpaired) electrons. The third kappa shape index (κ3) is 6.28. The number of ether oxygens (including phenoxy) is 6. The molecule has 2 fully saturated rings. The molecule has 5 atom stereocenters. The average molecular weight is 555 g/mol. The van der Waals surface area contributed by atoms with E-state index in [-0.39, 0.29) is 6.61 Å². The Labute approximate surface area is 235 Å². The Morgan fingerprint density at radius 2 is 1.27 bits per heavy atom. The van der Waals surface area contributed by atoms with Gasteiger partial charge < -0.3 is 33.2 Å². The lowest BCUT2D eigenvalue weighted by atomic mass is 9.98. The summed E-state index contributed by atoms with van der Waals surface area (Å²) in [6, 6.07) is 16.9. The van der Waals surface area contributed by atoms with Crippen LogP contribution in [-0.4, -0.2) is 66.9 Å². The first-order chi connectivity index (χ1) is 19.3. The Balaban J connectivity index is 1.76. The van der Waals surface area contributed by atoms with Gasteiger partial charge in [0.25, 0.3) is 0 Å². The fourth-order valence-corrected chi connectivity index (χ4v) is 5.17. The van der Waals surface area contributed by atoms with Crippen molar-refractivity contribution in [2.24, 2.45) is 0 Å². The minimum atomic E-state index is -1.26. The van der Waals surface area contributed by atoms with Crippen LogP contribution in [0.1, 0.15) is 74.1 Å². The third-order valence-corrected chi connectivity index (χ3v) is 7.71. The number of carbonyl (C=O) groups is 3. The quantitative estimate of drug-likeness (QED) is 0.268. The molecular weight excluding hydrogens is 516 g/mol. The standard InChI is InChI=1S/C31H38O9/c1-5-30(6-2)35-20-24(39-30)25(36-28(33)21-15-11-9-12-16-21)27(37-29(34)22-17-13-10-14-18-22)26-23(19-32)38-31(7-3,8-4)40-26/h9-19,23-27H,5-8,20H2,1-4H3. The second kappa shape index (κ2) is 13.0. The van der Waals surface area contributed by atoms with E-state index in [0.717, 1.165) is 0 Å². The lowest BCUT2D eigenvalue weighted by Gasteiger charge is -2.35. The second-order valence-electron chi connectivity index (χ2n) is 9.98. The maximum Gasteiger partial charge on any atom is 0.338 e. The van der Waals surface area contributed by atoms with Crippen molar-refractivity contribution in [3.63, 3.8) is 0 Å². The van der Waals surface area contributed by atoms with Crippen LogP contribution in [0.15, 0.2) is 60.7 Å². The van der Waals surface area contributed by atoms with Gasteiger partial charge in [0.05, 0.1) is 17.7 Å². The highest BCUT2D eigenvalue weighted by Crippen LogP contribution is 2.40. The Kier molecular flexibility index (Phi) is 9.73. The van der Waals surface area contributed by atoms with Gasteiger partial charge in [0.1, 0.15) is 18.3 Å². The molecule has 0 N–H and O–H groups in total. The van der Waals surface area contributed by atoms with Crippen LogP contribution in [0.2, 0.25) is 0 Å². The van der Waals surface area contributed by atoms with Gasteiger partial charge in [0.15, 0.2) is 30.1 Å². The summed E-state index contributed by atoms with van der Waals surface area (Å²) in [7, 11) is 0. The highest BCUT2D eigenvalue weighted by atomic mass is 16.8. The van der Waals surface area contributed by atoms with Gasteiger partial charge in [0, 0.05) is 0 Å². The molecule has 0 spiro atoms. The molecule has 2 aliphatic rings. The fraction of sp³-hybridized carbons (Fsp3) is 0.516. The molecule has 216 valence electrons. The van der Waals surface area contributed by atoms with Gasteiger partial charge in [-0.1, -0.05) is 64.1 Å². The summed E-state index contributed by atoms with van der Waals surface area (Å²) >= 11 is 0. The maximum absolute atomic E-state index is 13.4. The Hall–Kier alpha value is -3.11. The number of benzene rings is 2. The highest BCUT2D eigenvalue weighted by molar-refractivity contribution is 5.90. The van der Waals surface area contributed by atoms with E-state index in [2.05, 4.69) is 0 Å². The van der Waals surface area contributed by atoms with Crippen LogP contribution in [0, 0.1) is 0 Å². The highest BCUT2D eigenvalue weighted by Gasteiger charge is 2.56. The van der Waals surface area contributed by atoms with E-state index in [4.69, 9.17) is 28.4 Å². The number of carbonyl (C=O) groups excluding carboxylic acids is 3. The van der Waals surface area contributed by atoms with Gasteiger partial charge in [-0.15, -0.1) is 0 Å². The summed E-state index contributed by atoms with van der Waals surface area (Å²) < 4.78 is 37.0. The van der Waals surface area contributed by atoms with E-state index in [1.807, 2.05) is 27.7 Å². The Morgan fingerprint density at radius 1 is 0.775 bits per heavy atom. The van der Waals surface area contributed by atoms with Gasteiger partial charge in [-0.3, -0.25) is 0 Å². The minimum absolute atomic E-state index is 0.0832. The van der Waals surface area contributed by atoms with Crippen molar-refractivity contribution >= 4 is 18.2 Å². The van der Waals surface area contributed by atoms with E-state index in [0.29, 0.717) is 43.1 Å². The van der Waals surface area contributed by atoms with Crippen LogP contribution >= 0.6 is 0 Å². The zero-order valence-corrected chi connectivity index (χ0v) is 23.4. The van der Waals surface area contributed by atoms with Gasteiger partial charge in [-0.2, -0.15) is 0 Å². The predicted octanol–water partition coefficient (Wildman–Crippen LogP) is 4.87. The maximum atomic E-state index is 13.4. The van der Waals surface area contributed by atoms with Crippen LogP contribution in [0.4, 0.5) is 0 Å². The number of hydrogen-bond acceptors (Lipinski definition) is 9. The van der Waals surface area contributed by atoms with Crippen molar-refractivity contribution < 1.29 is 42.8 Å². The Morgan fingerprint density at radius 3 is 1.73 bits per heavy atom. The molecule has 40 heavy (non-hydrogen) atoms. The van der Waals surface area contributed by atoms with E-state index in [1.165, 1.54) is 0 Å². The van der Waals surface area contributed by atoms with Gasteiger partial charge in [-0.25, -0.2) is 9.59 Å². The first-order valence-electron chi connectivity index (χ1n) is 14.0. The summed E-state index contributed by atoms with van der Waals surface area (Å²) in [5.74, 6) is -3.25. The van der Waals surface area contributed by atoms with Crippen LogP contribution in [0.25, 0.3) is 0 Å². The summed E-state index contributed by atoms with van der Waals surface area (Å²) in [6.45, 7) is 7.74. The Bertz CT molecular complexity index is 1130. The predicted molar refractivity (Wildman–Crippen MR) is 145 cm³/mol. The first kappa shape index (κ1) is 29.9. The van der Waals surface area contributed by atoms with Crippen LogP contribution < -0.4 is 0 Å². The van der Waals surface area contributed by atoms with Crippen LogP contribution in [0.5, 0.6) is 0 Å². The second-order valence-corrected chi connectivity index (χ2v) is 9.98.